The fraction of sp³-hybridized carbons (Fsp3) is 0.500. The van der Waals surface area contributed by atoms with E-state index in [2.05, 4.69) is 16.5 Å². The molecule has 0 saturated heterocycles. The van der Waals surface area contributed by atoms with Crippen LogP contribution in [-0.4, -0.2) is 9.97 Å². The second kappa shape index (κ2) is 9.19. The molecule has 0 aliphatic carbocycles. The topological polar surface area (TPSA) is 51.8 Å². The number of nitrogens with two attached hydrogens (primary N) is 1. The van der Waals surface area contributed by atoms with E-state index in [1.165, 1.54) is 6.33 Å². The summed E-state index contributed by atoms with van der Waals surface area (Å²) in [5.41, 5.74) is 8.26. The SMILES string of the molecule is C=C(C)c1c(C)ncnc1N.CC.CC. The second-order valence-corrected chi connectivity index (χ2v) is 2.50. The highest BCUT2D eigenvalue weighted by Crippen LogP contribution is 2.18. The van der Waals surface area contributed by atoms with Crippen molar-refractivity contribution in [3.8, 4) is 0 Å². The molecule has 2 N–H and O–H groups in total. The number of hydrogen-bond donors (Lipinski definition) is 1. The Morgan fingerprint density at radius 3 is 1.93 bits per heavy atom. The van der Waals surface area contributed by atoms with Crippen LogP contribution in [0.25, 0.3) is 5.57 Å². The van der Waals surface area contributed by atoms with E-state index in [1.807, 2.05) is 41.5 Å². The maximum absolute atomic E-state index is 5.61. The lowest BCUT2D eigenvalue weighted by molar-refractivity contribution is 1.09. The number of nitrogen functional groups attached to an aromatic ring is 1. The fourth-order valence-corrected chi connectivity index (χ4v) is 1.02. The molecule has 3 heteroatoms. The summed E-state index contributed by atoms with van der Waals surface area (Å²) in [5, 5.41) is 0. The molecule has 0 aliphatic heterocycles. The fourth-order valence-electron chi connectivity index (χ4n) is 1.02. The number of nitrogens with zero attached hydrogens (tertiary/aromatic N) is 2. The van der Waals surface area contributed by atoms with Gasteiger partial charge in [-0.25, -0.2) is 9.97 Å². The van der Waals surface area contributed by atoms with Crippen LogP contribution in [0, 0.1) is 6.92 Å². The van der Waals surface area contributed by atoms with Gasteiger partial charge in [0.2, 0.25) is 0 Å². The predicted octanol–water partition coefficient (Wildman–Crippen LogP) is 3.45. The summed E-state index contributed by atoms with van der Waals surface area (Å²) in [7, 11) is 0. The molecule has 0 saturated carbocycles. The van der Waals surface area contributed by atoms with Gasteiger partial charge in [-0.3, -0.25) is 0 Å². The highest BCUT2D eigenvalue weighted by molar-refractivity contribution is 5.71. The molecule has 0 spiro atoms. The predicted molar refractivity (Wildman–Crippen MR) is 68.6 cm³/mol. The smallest absolute Gasteiger partial charge is 0.134 e. The zero-order valence-electron chi connectivity index (χ0n) is 10.8. The van der Waals surface area contributed by atoms with Gasteiger partial charge in [0.15, 0.2) is 0 Å². The summed E-state index contributed by atoms with van der Waals surface area (Å²) in [6.45, 7) is 15.6. The van der Waals surface area contributed by atoms with E-state index in [9.17, 15) is 0 Å². The lowest BCUT2D eigenvalue weighted by Gasteiger charge is -2.05. The lowest BCUT2D eigenvalue weighted by atomic mass is 10.1. The zero-order valence-corrected chi connectivity index (χ0v) is 10.8. The molecule has 0 aromatic carbocycles. The lowest BCUT2D eigenvalue weighted by Crippen LogP contribution is -1.99. The first kappa shape index (κ1) is 16.1. The number of hydrogen-bond acceptors (Lipinski definition) is 3. The van der Waals surface area contributed by atoms with Crippen LogP contribution in [0.15, 0.2) is 12.9 Å². The maximum Gasteiger partial charge on any atom is 0.134 e. The van der Waals surface area contributed by atoms with Crippen molar-refractivity contribution in [1.29, 1.82) is 0 Å². The van der Waals surface area contributed by atoms with Crippen molar-refractivity contribution in [2.24, 2.45) is 0 Å². The van der Waals surface area contributed by atoms with Crippen LogP contribution in [0.5, 0.6) is 0 Å². The maximum atomic E-state index is 5.61. The first-order valence-electron chi connectivity index (χ1n) is 5.36. The van der Waals surface area contributed by atoms with E-state index in [0.29, 0.717) is 5.82 Å². The Balaban J connectivity index is 0. The molecule has 15 heavy (non-hydrogen) atoms. The van der Waals surface area contributed by atoms with Gasteiger partial charge < -0.3 is 5.73 Å². The summed E-state index contributed by atoms with van der Waals surface area (Å²) in [6, 6.07) is 0. The third-order valence-electron chi connectivity index (χ3n) is 1.49. The van der Waals surface area contributed by atoms with Crippen molar-refractivity contribution in [2.45, 2.75) is 41.5 Å². The Hall–Kier alpha value is -1.38. The monoisotopic (exact) mass is 209 g/mol. The van der Waals surface area contributed by atoms with Gasteiger partial charge >= 0.3 is 0 Å². The van der Waals surface area contributed by atoms with E-state index in [0.717, 1.165) is 16.8 Å². The van der Waals surface area contributed by atoms with Crippen LogP contribution in [0.1, 0.15) is 45.9 Å². The molecule has 0 atom stereocenters. The van der Waals surface area contributed by atoms with Crippen molar-refractivity contribution >= 4 is 11.4 Å². The van der Waals surface area contributed by atoms with Crippen molar-refractivity contribution < 1.29 is 0 Å². The van der Waals surface area contributed by atoms with Crippen molar-refractivity contribution in [3.63, 3.8) is 0 Å². The molecule has 0 radical (unpaired) electrons. The number of allylic oxidation sites excluding steroid dienone is 1. The molecular formula is C12H23N3. The largest absolute Gasteiger partial charge is 0.383 e. The van der Waals surface area contributed by atoms with Gasteiger partial charge in [-0.2, -0.15) is 0 Å². The highest BCUT2D eigenvalue weighted by atomic mass is 14.9. The van der Waals surface area contributed by atoms with Crippen LogP contribution in [0.2, 0.25) is 0 Å². The number of aromatic nitrogens is 2. The Kier molecular flexibility index (Phi) is 9.84. The van der Waals surface area contributed by atoms with Gasteiger partial charge in [0.05, 0.1) is 5.69 Å². The third-order valence-corrected chi connectivity index (χ3v) is 1.49. The van der Waals surface area contributed by atoms with Gasteiger partial charge in [-0.05, 0) is 19.4 Å². The van der Waals surface area contributed by atoms with Crippen LogP contribution in [-0.2, 0) is 0 Å². The molecule has 0 fully saturated rings. The zero-order chi connectivity index (χ0) is 12.4. The van der Waals surface area contributed by atoms with E-state index >= 15 is 0 Å². The molecule has 0 unspecified atom stereocenters. The van der Waals surface area contributed by atoms with Crippen LogP contribution >= 0.6 is 0 Å². The Morgan fingerprint density at radius 1 is 1.20 bits per heavy atom. The summed E-state index contributed by atoms with van der Waals surface area (Å²) >= 11 is 0. The van der Waals surface area contributed by atoms with Gasteiger partial charge in [-0.15, -0.1) is 0 Å². The molecule has 1 heterocycles. The normalized spacial score (nSPS) is 7.87. The van der Waals surface area contributed by atoms with E-state index in [4.69, 9.17) is 5.73 Å². The molecule has 3 nitrogen and oxygen atoms in total. The van der Waals surface area contributed by atoms with E-state index in [-0.39, 0.29) is 0 Å². The average Bonchev–Trinajstić information content (AvgIpc) is 2.23. The van der Waals surface area contributed by atoms with Crippen molar-refractivity contribution in [2.75, 3.05) is 5.73 Å². The van der Waals surface area contributed by atoms with E-state index < -0.39 is 0 Å². The minimum Gasteiger partial charge on any atom is -0.383 e. The first-order valence-corrected chi connectivity index (χ1v) is 5.36. The highest BCUT2D eigenvalue weighted by Gasteiger charge is 2.04. The molecular weight excluding hydrogens is 186 g/mol. The molecule has 0 aliphatic rings. The minimum atomic E-state index is 0.505. The summed E-state index contributed by atoms with van der Waals surface area (Å²) < 4.78 is 0. The number of anilines is 1. The van der Waals surface area contributed by atoms with Crippen LogP contribution in [0.4, 0.5) is 5.82 Å². The van der Waals surface area contributed by atoms with Crippen LogP contribution in [0.3, 0.4) is 0 Å². The Labute approximate surface area is 93.5 Å². The standard InChI is InChI=1S/C8H11N3.2C2H6/c1-5(2)7-6(3)10-4-11-8(7)9;2*1-2/h4H,1H2,2-3H3,(H2,9,10,11);2*1-2H3. The molecule has 0 bridgehead atoms. The summed E-state index contributed by atoms with van der Waals surface area (Å²) in [4.78, 5) is 7.88. The molecule has 1 rings (SSSR count). The molecule has 1 aromatic heterocycles. The molecule has 0 amide bonds. The second-order valence-electron chi connectivity index (χ2n) is 2.50. The minimum absolute atomic E-state index is 0.505. The Bertz CT molecular complexity index is 273. The van der Waals surface area contributed by atoms with Crippen LogP contribution < -0.4 is 5.73 Å². The quantitative estimate of drug-likeness (QED) is 0.770. The summed E-state index contributed by atoms with van der Waals surface area (Å²) in [6.07, 6.45) is 1.46. The first-order chi connectivity index (χ1) is 7.13. The molecule has 1 aromatic rings. The third kappa shape index (κ3) is 5.15. The number of aryl methyl sites for hydroxylation is 1. The van der Waals surface area contributed by atoms with Gasteiger partial charge in [-0.1, -0.05) is 34.3 Å². The van der Waals surface area contributed by atoms with Gasteiger partial charge in [0.1, 0.15) is 12.1 Å². The van der Waals surface area contributed by atoms with Gasteiger partial charge in [0.25, 0.3) is 0 Å². The van der Waals surface area contributed by atoms with Gasteiger partial charge in [0, 0.05) is 5.56 Å². The summed E-state index contributed by atoms with van der Waals surface area (Å²) in [5.74, 6) is 0.505. The van der Waals surface area contributed by atoms with E-state index in [1.54, 1.807) is 0 Å². The number of rotatable bonds is 1. The molecule has 86 valence electrons. The average molecular weight is 209 g/mol. The van der Waals surface area contributed by atoms with Crippen molar-refractivity contribution in [3.05, 3.63) is 24.2 Å². The van der Waals surface area contributed by atoms with Crippen molar-refractivity contribution in [1.82, 2.24) is 9.97 Å². The Morgan fingerprint density at radius 2 is 1.67 bits per heavy atom.